The molecule has 1 aliphatic heterocycles. The molecule has 1 aromatic heterocycles. The van der Waals surface area contributed by atoms with Gasteiger partial charge in [0.25, 0.3) is 0 Å². The zero-order valence-electron chi connectivity index (χ0n) is 10.6. The van der Waals surface area contributed by atoms with E-state index in [-0.39, 0.29) is 5.54 Å². The Morgan fingerprint density at radius 2 is 1.89 bits per heavy atom. The lowest BCUT2D eigenvalue weighted by Crippen LogP contribution is -2.49. The van der Waals surface area contributed by atoms with Crippen molar-refractivity contribution in [1.82, 2.24) is 4.90 Å². The number of halogens is 1. The highest BCUT2D eigenvalue weighted by Crippen LogP contribution is 2.48. The van der Waals surface area contributed by atoms with Crippen LogP contribution in [0, 0.1) is 0 Å². The molecule has 2 fully saturated rings. The van der Waals surface area contributed by atoms with Crippen molar-refractivity contribution < 1.29 is 5.11 Å². The van der Waals surface area contributed by atoms with Gasteiger partial charge in [-0.3, -0.25) is 4.90 Å². The molecule has 1 N–H and O–H groups in total. The first-order chi connectivity index (χ1) is 8.74. The Bertz CT molecular complexity index is 408. The first-order valence-electron chi connectivity index (χ1n) is 6.90. The fourth-order valence-corrected chi connectivity index (χ4v) is 4.91. The second kappa shape index (κ2) is 5.12. The van der Waals surface area contributed by atoms with Crippen LogP contribution in [-0.2, 0) is 0 Å². The van der Waals surface area contributed by atoms with Gasteiger partial charge in [0.05, 0.1) is 15.4 Å². The number of hydrogen-bond donors (Lipinski definition) is 1. The topological polar surface area (TPSA) is 23.5 Å². The van der Waals surface area contributed by atoms with E-state index in [0.717, 1.165) is 35.8 Å². The Kier molecular flexibility index (Phi) is 3.68. The molecule has 1 aromatic rings. The van der Waals surface area contributed by atoms with Gasteiger partial charge in [-0.15, -0.1) is 11.3 Å². The van der Waals surface area contributed by atoms with Crippen molar-refractivity contribution in [3.05, 3.63) is 21.3 Å². The minimum atomic E-state index is -0.411. The molecule has 2 heterocycles. The summed E-state index contributed by atoms with van der Waals surface area (Å²) in [5, 5.41) is 13.6. The number of likely N-dealkylation sites (tertiary alicyclic amines) is 1. The van der Waals surface area contributed by atoms with E-state index in [0.29, 0.717) is 0 Å². The van der Waals surface area contributed by atoms with Gasteiger partial charge in [0, 0.05) is 0 Å². The predicted molar refractivity (Wildman–Crippen MR) is 76.3 cm³/mol. The first kappa shape index (κ1) is 12.9. The van der Waals surface area contributed by atoms with Crippen LogP contribution in [-0.4, -0.2) is 28.6 Å². The van der Waals surface area contributed by atoms with E-state index in [9.17, 15) is 5.11 Å². The summed E-state index contributed by atoms with van der Waals surface area (Å²) in [5.41, 5.74) is -0.0367. The third kappa shape index (κ3) is 2.01. The second-order valence-electron chi connectivity index (χ2n) is 5.54. The molecule has 1 aliphatic carbocycles. The van der Waals surface area contributed by atoms with Gasteiger partial charge in [-0.05, 0) is 50.2 Å². The fourth-order valence-electron chi connectivity index (χ4n) is 3.66. The number of rotatable bonds is 3. The van der Waals surface area contributed by atoms with Gasteiger partial charge in [-0.2, -0.15) is 0 Å². The lowest BCUT2D eigenvalue weighted by atomic mass is 9.87. The van der Waals surface area contributed by atoms with Crippen molar-refractivity contribution in [2.75, 3.05) is 13.1 Å². The Morgan fingerprint density at radius 3 is 2.44 bits per heavy atom. The molecule has 4 heteroatoms. The molecular formula is C14H20ClNOS. The van der Waals surface area contributed by atoms with Crippen LogP contribution < -0.4 is 0 Å². The Morgan fingerprint density at radius 1 is 1.22 bits per heavy atom. The van der Waals surface area contributed by atoms with Crippen LogP contribution in [0.15, 0.2) is 11.4 Å². The van der Waals surface area contributed by atoms with Crippen LogP contribution >= 0.6 is 22.9 Å². The summed E-state index contributed by atoms with van der Waals surface area (Å²) in [5.74, 6) is 0. The SMILES string of the molecule is OC(c1sccc1Cl)C1(N2CCCC2)CCCC1. The molecule has 1 saturated heterocycles. The van der Waals surface area contributed by atoms with E-state index in [2.05, 4.69) is 4.90 Å². The zero-order chi connectivity index (χ0) is 12.6. The van der Waals surface area contributed by atoms with E-state index >= 15 is 0 Å². The standard InChI is InChI=1S/C14H20ClNOS/c15-11-5-10-18-12(11)13(17)14(6-1-2-7-14)16-8-3-4-9-16/h5,10,13,17H,1-4,6-9H2. The van der Waals surface area contributed by atoms with Crippen molar-refractivity contribution in [3.63, 3.8) is 0 Å². The summed E-state index contributed by atoms with van der Waals surface area (Å²) in [6.07, 6.45) is 6.82. The quantitative estimate of drug-likeness (QED) is 0.912. The normalized spacial score (nSPS) is 25.7. The Hall–Kier alpha value is -0.0900. The van der Waals surface area contributed by atoms with Crippen LogP contribution in [0.5, 0.6) is 0 Å². The van der Waals surface area contributed by atoms with Crippen LogP contribution in [0.25, 0.3) is 0 Å². The van der Waals surface area contributed by atoms with Crippen molar-refractivity contribution >= 4 is 22.9 Å². The number of thiophene rings is 1. The summed E-state index contributed by atoms with van der Waals surface area (Å²) in [6, 6.07) is 1.90. The monoisotopic (exact) mass is 285 g/mol. The lowest BCUT2D eigenvalue weighted by molar-refractivity contribution is -0.0175. The van der Waals surface area contributed by atoms with Crippen LogP contribution in [0.3, 0.4) is 0 Å². The summed E-state index contributed by atoms with van der Waals surface area (Å²) in [4.78, 5) is 3.49. The molecule has 0 aromatic carbocycles. The first-order valence-corrected chi connectivity index (χ1v) is 8.16. The van der Waals surface area contributed by atoms with Crippen molar-refractivity contribution in [1.29, 1.82) is 0 Å². The van der Waals surface area contributed by atoms with E-state index in [4.69, 9.17) is 11.6 Å². The zero-order valence-corrected chi connectivity index (χ0v) is 12.1. The largest absolute Gasteiger partial charge is 0.386 e. The number of nitrogens with zero attached hydrogens (tertiary/aromatic N) is 1. The van der Waals surface area contributed by atoms with Gasteiger partial charge in [0.2, 0.25) is 0 Å². The maximum atomic E-state index is 10.9. The molecule has 2 aliphatic rings. The summed E-state index contributed by atoms with van der Waals surface area (Å²) < 4.78 is 0. The Labute approximate surface area is 118 Å². The van der Waals surface area contributed by atoms with Crippen LogP contribution in [0.1, 0.15) is 49.5 Å². The fraction of sp³-hybridized carbons (Fsp3) is 0.714. The molecule has 100 valence electrons. The van der Waals surface area contributed by atoms with Gasteiger partial charge in [-0.1, -0.05) is 24.4 Å². The van der Waals surface area contributed by atoms with Crippen LogP contribution in [0.2, 0.25) is 5.02 Å². The highest BCUT2D eigenvalue weighted by Gasteiger charge is 2.47. The van der Waals surface area contributed by atoms with Gasteiger partial charge >= 0.3 is 0 Å². The predicted octanol–water partition coefficient (Wildman–Crippen LogP) is 3.84. The smallest absolute Gasteiger partial charge is 0.108 e. The summed E-state index contributed by atoms with van der Waals surface area (Å²) >= 11 is 7.81. The van der Waals surface area contributed by atoms with Crippen molar-refractivity contribution in [2.24, 2.45) is 0 Å². The van der Waals surface area contributed by atoms with Gasteiger partial charge in [-0.25, -0.2) is 0 Å². The minimum Gasteiger partial charge on any atom is -0.386 e. The Balaban J connectivity index is 1.91. The molecule has 0 spiro atoms. The molecule has 18 heavy (non-hydrogen) atoms. The molecule has 0 radical (unpaired) electrons. The number of aliphatic hydroxyl groups is 1. The van der Waals surface area contributed by atoms with Gasteiger partial charge < -0.3 is 5.11 Å². The molecule has 3 rings (SSSR count). The van der Waals surface area contributed by atoms with Gasteiger partial charge in [0.1, 0.15) is 6.10 Å². The third-order valence-electron chi connectivity index (χ3n) is 4.61. The molecule has 2 nitrogen and oxygen atoms in total. The van der Waals surface area contributed by atoms with Gasteiger partial charge in [0.15, 0.2) is 0 Å². The molecule has 0 amide bonds. The highest BCUT2D eigenvalue weighted by molar-refractivity contribution is 7.10. The average molecular weight is 286 g/mol. The maximum Gasteiger partial charge on any atom is 0.108 e. The average Bonchev–Trinajstić information content (AvgIpc) is 3.10. The summed E-state index contributed by atoms with van der Waals surface area (Å²) in [6.45, 7) is 2.28. The molecule has 1 atom stereocenters. The van der Waals surface area contributed by atoms with E-state index in [1.807, 2.05) is 11.4 Å². The van der Waals surface area contributed by atoms with E-state index < -0.39 is 6.10 Å². The van der Waals surface area contributed by atoms with Crippen LogP contribution in [0.4, 0.5) is 0 Å². The lowest BCUT2D eigenvalue weighted by Gasteiger charge is -2.42. The molecule has 1 saturated carbocycles. The second-order valence-corrected chi connectivity index (χ2v) is 6.90. The number of hydrogen-bond acceptors (Lipinski definition) is 3. The summed E-state index contributed by atoms with van der Waals surface area (Å²) in [7, 11) is 0. The maximum absolute atomic E-state index is 10.9. The third-order valence-corrected chi connectivity index (χ3v) is 6.02. The van der Waals surface area contributed by atoms with Crippen molar-refractivity contribution in [3.8, 4) is 0 Å². The van der Waals surface area contributed by atoms with Crippen molar-refractivity contribution in [2.45, 2.75) is 50.2 Å². The highest BCUT2D eigenvalue weighted by atomic mass is 35.5. The molecule has 1 unspecified atom stereocenters. The minimum absolute atomic E-state index is 0.0367. The number of aliphatic hydroxyl groups excluding tert-OH is 1. The van der Waals surface area contributed by atoms with E-state index in [1.165, 1.54) is 25.7 Å². The molecular weight excluding hydrogens is 266 g/mol. The molecule has 0 bridgehead atoms. The van der Waals surface area contributed by atoms with E-state index in [1.54, 1.807) is 11.3 Å².